The highest BCUT2D eigenvalue weighted by atomic mass is 79.9. The fourth-order valence-electron chi connectivity index (χ4n) is 3.42. The average molecular weight is 497 g/mol. The molecule has 3 aromatic carbocycles. The number of nitrogens with one attached hydrogen (secondary N) is 1. The van der Waals surface area contributed by atoms with E-state index in [1.165, 1.54) is 21.3 Å². The van der Waals surface area contributed by atoms with Crippen LogP contribution in [0.2, 0.25) is 0 Å². The van der Waals surface area contributed by atoms with Crippen molar-refractivity contribution in [3.05, 3.63) is 64.1 Å². The Morgan fingerprint density at radius 2 is 1.75 bits per heavy atom. The van der Waals surface area contributed by atoms with Crippen molar-refractivity contribution in [1.82, 2.24) is 4.98 Å². The number of carbonyl (C=O) groups excluding carboxylic acids is 1. The minimum Gasteiger partial charge on any atom is -0.493 e. The third-order valence-electron chi connectivity index (χ3n) is 5.04. The molecule has 0 unspecified atom stereocenters. The van der Waals surface area contributed by atoms with Crippen LogP contribution < -0.4 is 19.5 Å². The molecule has 4 aromatic rings. The molecule has 0 aliphatic heterocycles. The number of aryl methyl sites for hydroxylation is 1. The topological polar surface area (TPSA) is 82.8 Å². The molecule has 0 radical (unpaired) electrons. The van der Waals surface area contributed by atoms with E-state index in [0.29, 0.717) is 50.0 Å². The summed E-state index contributed by atoms with van der Waals surface area (Å²) < 4.78 is 22.5. The third-order valence-corrected chi connectivity index (χ3v) is 5.82. The molecule has 1 heterocycles. The molecular weight excluding hydrogens is 476 g/mol. The van der Waals surface area contributed by atoms with Gasteiger partial charge in [-0.2, -0.15) is 0 Å². The zero-order valence-electron chi connectivity index (χ0n) is 18.0. The maximum absolute atomic E-state index is 13.0. The smallest absolute Gasteiger partial charge is 0.257 e. The van der Waals surface area contributed by atoms with Gasteiger partial charge >= 0.3 is 0 Å². The monoisotopic (exact) mass is 496 g/mol. The zero-order chi connectivity index (χ0) is 22.8. The number of ether oxygens (including phenoxy) is 3. The van der Waals surface area contributed by atoms with Gasteiger partial charge in [0.1, 0.15) is 5.52 Å². The average Bonchev–Trinajstić information content (AvgIpc) is 3.21. The number of methoxy groups -OCH3 is 3. The number of fused-ring (bicyclic) bond motifs is 1. The highest BCUT2D eigenvalue weighted by Crippen LogP contribution is 2.45. The molecule has 0 spiro atoms. The summed E-state index contributed by atoms with van der Waals surface area (Å²) in [5, 5.41) is 2.88. The molecule has 0 atom stereocenters. The second kappa shape index (κ2) is 8.92. The van der Waals surface area contributed by atoms with Crippen molar-refractivity contribution in [3.8, 4) is 28.7 Å². The van der Waals surface area contributed by atoms with Gasteiger partial charge in [0.15, 0.2) is 17.1 Å². The van der Waals surface area contributed by atoms with Crippen LogP contribution in [0.4, 0.5) is 5.69 Å². The SMILES string of the molecule is COc1cc(C(=O)Nc2ccc3nc(-c4ccccc4C)oc3c2)c(Br)c(OC)c1OC. The van der Waals surface area contributed by atoms with Crippen molar-refractivity contribution in [2.75, 3.05) is 26.6 Å². The first-order chi connectivity index (χ1) is 15.5. The summed E-state index contributed by atoms with van der Waals surface area (Å²) in [6.45, 7) is 2.01. The van der Waals surface area contributed by atoms with Gasteiger partial charge in [-0.05, 0) is 52.7 Å². The first-order valence-electron chi connectivity index (χ1n) is 9.73. The molecule has 1 amide bonds. The number of nitrogens with zero attached hydrogens (tertiary/aromatic N) is 1. The minimum atomic E-state index is -0.353. The third kappa shape index (κ3) is 3.89. The number of carbonyl (C=O) groups is 1. The summed E-state index contributed by atoms with van der Waals surface area (Å²) in [5.41, 5.74) is 4.17. The van der Waals surface area contributed by atoms with Crippen LogP contribution in [0.15, 0.2) is 57.4 Å². The van der Waals surface area contributed by atoms with Crippen molar-refractivity contribution in [1.29, 1.82) is 0 Å². The van der Waals surface area contributed by atoms with E-state index in [1.807, 2.05) is 31.2 Å². The summed E-state index contributed by atoms with van der Waals surface area (Å²) in [4.78, 5) is 17.6. The number of oxazole rings is 1. The van der Waals surface area contributed by atoms with E-state index in [2.05, 4.69) is 26.2 Å². The van der Waals surface area contributed by atoms with E-state index in [-0.39, 0.29) is 5.91 Å². The van der Waals surface area contributed by atoms with Gasteiger partial charge in [-0.3, -0.25) is 4.79 Å². The van der Waals surface area contributed by atoms with Crippen LogP contribution in [0.5, 0.6) is 17.2 Å². The molecule has 0 fully saturated rings. The molecule has 0 aliphatic carbocycles. The fraction of sp³-hybridized carbons (Fsp3) is 0.167. The number of aromatic nitrogens is 1. The highest BCUT2D eigenvalue weighted by Gasteiger charge is 2.23. The number of hydrogen-bond donors (Lipinski definition) is 1. The Balaban J connectivity index is 1.67. The lowest BCUT2D eigenvalue weighted by molar-refractivity contribution is 0.102. The van der Waals surface area contributed by atoms with E-state index < -0.39 is 0 Å². The van der Waals surface area contributed by atoms with Gasteiger partial charge < -0.3 is 23.9 Å². The van der Waals surface area contributed by atoms with Crippen molar-refractivity contribution >= 4 is 38.6 Å². The summed E-state index contributed by atoms with van der Waals surface area (Å²) in [6, 6.07) is 14.8. The van der Waals surface area contributed by atoms with Gasteiger partial charge in [-0.15, -0.1) is 0 Å². The van der Waals surface area contributed by atoms with Crippen LogP contribution in [-0.4, -0.2) is 32.2 Å². The van der Waals surface area contributed by atoms with E-state index in [9.17, 15) is 4.79 Å². The predicted octanol–water partition coefficient (Wildman–Crippen LogP) is 5.84. The first kappa shape index (κ1) is 21.7. The number of hydrogen-bond acceptors (Lipinski definition) is 6. The Bertz CT molecular complexity index is 1320. The summed E-state index contributed by atoms with van der Waals surface area (Å²) >= 11 is 3.44. The molecule has 7 nitrogen and oxygen atoms in total. The number of amides is 1. The van der Waals surface area contributed by atoms with Gasteiger partial charge in [-0.1, -0.05) is 18.2 Å². The van der Waals surface area contributed by atoms with Crippen LogP contribution in [0.3, 0.4) is 0 Å². The number of halogens is 1. The maximum Gasteiger partial charge on any atom is 0.257 e. The van der Waals surface area contributed by atoms with Gasteiger partial charge in [-0.25, -0.2) is 4.98 Å². The van der Waals surface area contributed by atoms with Gasteiger partial charge in [0.05, 0.1) is 31.4 Å². The number of rotatable bonds is 6. The van der Waals surface area contributed by atoms with Crippen LogP contribution in [0.25, 0.3) is 22.6 Å². The molecule has 0 aliphatic rings. The minimum absolute atomic E-state index is 0.331. The van der Waals surface area contributed by atoms with Crippen LogP contribution in [0, 0.1) is 6.92 Å². The summed E-state index contributed by atoms with van der Waals surface area (Å²) in [7, 11) is 4.49. The first-order valence-corrected chi connectivity index (χ1v) is 10.5. The fourth-order valence-corrected chi connectivity index (χ4v) is 4.05. The Kier molecular flexibility index (Phi) is 6.05. The van der Waals surface area contributed by atoms with Crippen LogP contribution >= 0.6 is 15.9 Å². The van der Waals surface area contributed by atoms with Crippen LogP contribution in [0.1, 0.15) is 15.9 Å². The van der Waals surface area contributed by atoms with E-state index in [4.69, 9.17) is 18.6 Å². The van der Waals surface area contributed by atoms with Crippen molar-refractivity contribution in [2.45, 2.75) is 6.92 Å². The Morgan fingerprint density at radius 3 is 2.44 bits per heavy atom. The van der Waals surface area contributed by atoms with Gasteiger partial charge in [0.25, 0.3) is 5.91 Å². The van der Waals surface area contributed by atoms with Crippen LogP contribution in [-0.2, 0) is 0 Å². The van der Waals surface area contributed by atoms with E-state index >= 15 is 0 Å². The lowest BCUT2D eigenvalue weighted by Crippen LogP contribution is -2.13. The molecule has 1 aromatic heterocycles. The number of benzene rings is 3. The van der Waals surface area contributed by atoms with Gasteiger partial charge in [0.2, 0.25) is 11.6 Å². The molecule has 0 saturated heterocycles. The van der Waals surface area contributed by atoms with E-state index in [0.717, 1.165) is 11.1 Å². The normalized spacial score (nSPS) is 10.8. The molecule has 1 N–H and O–H groups in total. The summed E-state index contributed by atoms with van der Waals surface area (Å²) in [6.07, 6.45) is 0. The van der Waals surface area contributed by atoms with Gasteiger partial charge in [0, 0.05) is 17.3 Å². The molecule has 32 heavy (non-hydrogen) atoms. The largest absolute Gasteiger partial charge is 0.493 e. The van der Waals surface area contributed by atoms with Crippen molar-refractivity contribution in [2.24, 2.45) is 0 Å². The van der Waals surface area contributed by atoms with E-state index in [1.54, 1.807) is 24.3 Å². The highest BCUT2D eigenvalue weighted by molar-refractivity contribution is 9.10. The lowest BCUT2D eigenvalue weighted by atomic mass is 10.1. The molecule has 0 saturated carbocycles. The second-order valence-electron chi connectivity index (χ2n) is 6.98. The predicted molar refractivity (Wildman–Crippen MR) is 126 cm³/mol. The number of anilines is 1. The molecule has 8 heteroatoms. The Hall–Kier alpha value is -3.52. The molecule has 4 rings (SSSR count). The molecule has 164 valence electrons. The quantitative estimate of drug-likeness (QED) is 0.360. The Morgan fingerprint density at radius 1 is 1.00 bits per heavy atom. The maximum atomic E-state index is 13.0. The lowest BCUT2D eigenvalue weighted by Gasteiger charge is -2.16. The second-order valence-corrected chi connectivity index (χ2v) is 7.77. The molecular formula is C24H21BrN2O5. The summed E-state index contributed by atoms with van der Waals surface area (Å²) in [5.74, 6) is 1.32. The zero-order valence-corrected chi connectivity index (χ0v) is 19.6. The molecule has 0 bridgehead atoms. The standard InChI is InChI=1S/C24H21BrN2O5/c1-13-7-5-6-8-15(13)24-27-17-10-9-14(11-18(17)32-24)26-23(28)16-12-19(29-2)21(30-3)22(31-4)20(16)25/h5-12H,1-4H3,(H,26,28). The Labute approximate surface area is 193 Å². The van der Waals surface area contributed by atoms with Crippen molar-refractivity contribution < 1.29 is 23.4 Å². The van der Waals surface area contributed by atoms with Crippen molar-refractivity contribution in [3.63, 3.8) is 0 Å².